The highest BCUT2D eigenvalue weighted by molar-refractivity contribution is 5.64. The Bertz CT molecular complexity index is 798. The maximum Gasteiger partial charge on any atom is 0.127 e. The van der Waals surface area contributed by atoms with E-state index in [4.69, 9.17) is 0 Å². The van der Waals surface area contributed by atoms with Gasteiger partial charge in [-0.05, 0) is 91.7 Å². The van der Waals surface area contributed by atoms with Crippen LogP contribution in [0.1, 0.15) is 75.8 Å². The molecule has 2 aromatic carbocycles. The minimum atomic E-state index is -0.208. The summed E-state index contributed by atoms with van der Waals surface area (Å²) in [4.78, 5) is 0. The number of halogens is 2. The Kier molecular flexibility index (Phi) is 7.42. The van der Waals surface area contributed by atoms with Crippen molar-refractivity contribution in [3.63, 3.8) is 0 Å². The number of hydrogen-bond acceptors (Lipinski definition) is 0. The number of hydrogen-bond donors (Lipinski definition) is 0. The Balaban J connectivity index is 1.71. The summed E-state index contributed by atoms with van der Waals surface area (Å²) in [6.45, 7) is 4.20. The maximum absolute atomic E-state index is 14.8. The minimum absolute atomic E-state index is 0.144. The van der Waals surface area contributed by atoms with Crippen molar-refractivity contribution in [2.24, 2.45) is 5.92 Å². The lowest BCUT2D eigenvalue weighted by Crippen LogP contribution is -2.14. The summed E-state index contributed by atoms with van der Waals surface area (Å²) in [7, 11) is 0. The summed E-state index contributed by atoms with van der Waals surface area (Å²) in [6, 6.07) is 10.7. The van der Waals surface area contributed by atoms with Crippen molar-refractivity contribution in [3.8, 4) is 11.1 Å². The molecule has 2 heteroatoms. The van der Waals surface area contributed by atoms with Gasteiger partial charge in [-0.3, -0.25) is 0 Å². The summed E-state index contributed by atoms with van der Waals surface area (Å²) in [6.07, 6.45) is 12.6. The average molecular weight is 383 g/mol. The van der Waals surface area contributed by atoms with Crippen LogP contribution in [-0.4, -0.2) is 0 Å². The first-order valence-corrected chi connectivity index (χ1v) is 10.8. The van der Waals surface area contributed by atoms with E-state index in [0.717, 1.165) is 41.9 Å². The molecule has 0 amide bonds. The van der Waals surface area contributed by atoms with Gasteiger partial charge in [0.15, 0.2) is 0 Å². The Morgan fingerprint density at radius 3 is 2.21 bits per heavy atom. The molecule has 0 radical (unpaired) electrons. The van der Waals surface area contributed by atoms with Crippen LogP contribution in [0.25, 0.3) is 11.1 Å². The Morgan fingerprint density at radius 1 is 0.929 bits per heavy atom. The molecule has 0 spiro atoms. The molecule has 0 aromatic heterocycles. The van der Waals surface area contributed by atoms with Crippen molar-refractivity contribution >= 4 is 0 Å². The number of aryl methyl sites for hydroxylation is 1. The van der Waals surface area contributed by atoms with Crippen molar-refractivity contribution in [2.75, 3.05) is 0 Å². The summed E-state index contributed by atoms with van der Waals surface area (Å²) in [5.41, 5.74) is 3.04. The third kappa shape index (κ3) is 5.10. The van der Waals surface area contributed by atoms with E-state index in [-0.39, 0.29) is 11.6 Å². The van der Waals surface area contributed by atoms with E-state index < -0.39 is 0 Å². The molecule has 1 aliphatic carbocycles. The first-order valence-electron chi connectivity index (χ1n) is 10.8. The molecule has 1 fully saturated rings. The molecule has 0 unspecified atom stereocenters. The smallest absolute Gasteiger partial charge is 0.127 e. The minimum Gasteiger partial charge on any atom is -0.207 e. The second kappa shape index (κ2) is 10.0. The van der Waals surface area contributed by atoms with Crippen LogP contribution in [0.2, 0.25) is 0 Å². The third-order valence-electron chi connectivity index (χ3n) is 6.19. The normalized spacial score (nSPS) is 20.0. The van der Waals surface area contributed by atoms with Crippen LogP contribution in [-0.2, 0) is 6.42 Å². The standard InChI is InChI=1S/C26H32F2/c1-3-5-6-8-21-13-14-22(17-25(21)27)23-15-16-24(26(28)18-23)20-11-9-19(7-4-2)10-12-20/h3,5,13-20H,4,6-12H2,1-2H3/b5-3+. The first-order chi connectivity index (χ1) is 13.6. The van der Waals surface area contributed by atoms with Crippen LogP contribution >= 0.6 is 0 Å². The Hall–Kier alpha value is -1.96. The van der Waals surface area contributed by atoms with Gasteiger partial charge in [-0.1, -0.05) is 56.2 Å². The highest BCUT2D eigenvalue weighted by Crippen LogP contribution is 2.39. The fourth-order valence-corrected chi connectivity index (χ4v) is 4.54. The Labute approximate surface area is 168 Å². The molecule has 2 aromatic rings. The lowest BCUT2D eigenvalue weighted by atomic mass is 9.77. The molecular formula is C26H32F2. The van der Waals surface area contributed by atoms with Gasteiger partial charge in [-0.2, -0.15) is 0 Å². The molecule has 0 saturated heterocycles. The van der Waals surface area contributed by atoms with Gasteiger partial charge in [-0.15, -0.1) is 0 Å². The van der Waals surface area contributed by atoms with Gasteiger partial charge < -0.3 is 0 Å². The quantitative estimate of drug-likeness (QED) is 0.423. The average Bonchev–Trinajstić information content (AvgIpc) is 2.70. The summed E-state index contributed by atoms with van der Waals surface area (Å²) in [5, 5.41) is 0. The number of benzene rings is 2. The monoisotopic (exact) mass is 382 g/mol. The zero-order valence-electron chi connectivity index (χ0n) is 17.2. The molecule has 0 nitrogen and oxygen atoms in total. The van der Waals surface area contributed by atoms with E-state index in [1.54, 1.807) is 6.07 Å². The van der Waals surface area contributed by atoms with E-state index in [2.05, 4.69) is 6.92 Å². The maximum atomic E-state index is 14.8. The lowest BCUT2D eigenvalue weighted by molar-refractivity contribution is 0.304. The van der Waals surface area contributed by atoms with Crippen LogP contribution in [0.3, 0.4) is 0 Å². The molecule has 0 heterocycles. The molecule has 0 N–H and O–H groups in total. The van der Waals surface area contributed by atoms with Gasteiger partial charge in [0.05, 0.1) is 0 Å². The molecule has 0 aliphatic heterocycles. The molecule has 0 bridgehead atoms. The fraction of sp³-hybridized carbons (Fsp3) is 0.462. The lowest BCUT2D eigenvalue weighted by Gasteiger charge is -2.29. The van der Waals surface area contributed by atoms with Gasteiger partial charge in [-0.25, -0.2) is 8.78 Å². The predicted octanol–water partition coefficient (Wildman–Crippen LogP) is 8.21. The molecule has 1 aliphatic rings. The second-order valence-corrected chi connectivity index (χ2v) is 8.16. The molecular weight excluding hydrogens is 350 g/mol. The SMILES string of the molecule is C/C=C/CCc1ccc(-c2ccc(C3CCC(CCC)CC3)c(F)c2)cc1F. The van der Waals surface area contributed by atoms with Crippen LogP contribution in [0.4, 0.5) is 8.78 Å². The molecule has 0 atom stereocenters. The first kappa shape index (κ1) is 20.8. The predicted molar refractivity (Wildman–Crippen MR) is 115 cm³/mol. The van der Waals surface area contributed by atoms with Crippen LogP contribution < -0.4 is 0 Å². The van der Waals surface area contributed by atoms with E-state index in [1.807, 2.05) is 43.3 Å². The van der Waals surface area contributed by atoms with E-state index in [0.29, 0.717) is 17.9 Å². The van der Waals surface area contributed by atoms with E-state index in [1.165, 1.54) is 31.7 Å². The largest absolute Gasteiger partial charge is 0.207 e. The van der Waals surface area contributed by atoms with E-state index in [9.17, 15) is 8.78 Å². The Morgan fingerprint density at radius 2 is 1.61 bits per heavy atom. The number of allylic oxidation sites excluding steroid dienone is 2. The highest BCUT2D eigenvalue weighted by Gasteiger charge is 2.24. The van der Waals surface area contributed by atoms with Crippen molar-refractivity contribution < 1.29 is 8.78 Å². The van der Waals surface area contributed by atoms with E-state index >= 15 is 0 Å². The van der Waals surface area contributed by atoms with Gasteiger partial charge in [0.1, 0.15) is 11.6 Å². The summed E-state index contributed by atoms with van der Waals surface area (Å²) < 4.78 is 29.3. The highest BCUT2D eigenvalue weighted by atomic mass is 19.1. The molecule has 28 heavy (non-hydrogen) atoms. The fourth-order valence-electron chi connectivity index (χ4n) is 4.54. The summed E-state index contributed by atoms with van der Waals surface area (Å²) >= 11 is 0. The molecule has 1 saturated carbocycles. The zero-order chi connectivity index (χ0) is 19.9. The van der Waals surface area contributed by atoms with Crippen molar-refractivity contribution in [1.29, 1.82) is 0 Å². The molecule has 150 valence electrons. The second-order valence-electron chi connectivity index (χ2n) is 8.16. The van der Waals surface area contributed by atoms with Crippen molar-refractivity contribution in [2.45, 2.75) is 71.1 Å². The van der Waals surface area contributed by atoms with Gasteiger partial charge in [0.2, 0.25) is 0 Å². The topological polar surface area (TPSA) is 0 Å². The molecule has 3 rings (SSSR count). The van der Waals surface area contributed by atoms with Gasteiger partial charge >= 0.3 is 0 Å². The number of rotatable bonds is 7. The van der Waals surface area contributed by atoms with Gasteiger partial charge in [0, 0.05) is 0 Å². The van der Waals surface area contributed by atoms with Crippen LogP contribution in [0.15, 0.2) is 48.6 Å². The van der Waals surface area contributed by atoms with Crippen LogP contribution in [0, 0.1) is 17.6 Å². The third-order valence-corrected chi connectivity index (χ3v) is 6.19. The van der Waals surface area contributed by atoms with Crippen LogP contribution in [0.5, 0.6) is 0 Å². The van der Waals surface area contributed by atoms with Gasteiger partial charge in [0.25, 0.3) is 0 Å². The zero-order valence-corrected chi connectivity index (χ0v) is 17.2. The van der Waals surface area contributed by atoms with Crippen molar-refractivity contribution in [3.05, 3.63) is 71.3 Å². The summed E-state index contributed by atoms with van der Waals surface area (Å²) in [5.74, 6) is 0.792. The van der Waals surface area contributed by atoms with Crippen molar-refractivity contribution in [1.82, 2.24) is 0 Å².